The molecule has 2 unspecified atom stereocenters. The number of hydrogen-bond donors (Lipinski definition) is 0. The van der Waals surface area contributed by atoms with E-state index in [0.717, 1.165) is 5.56 Å². The molecule has 0 aromatic heterocycles. The molecule has 1 aliphatic heterocycles. The Morgan fingerprint density at radius 1 is 1.33 bits per heavy atom. The third kappa shape index (κ3) is 2.66. The Labute approximate surface area is 110 Å². The van der Waals surface area contributed by atoms with Crippen LogP contribution in [0.5, 0.6) is 0 Å². The fourth-order valence-corrected chi connectivity index (χ4v) is 2.51. The summed E-state index contributed by atoms with van der Waals surface area (Å²) in [4.78, 5) is 15.8. The van der Waals surface area contributed by atoms with Gasteiger partial charge in [0.15, 0.2) is 5.72 Å². The molecular formula is C12H16N2O3S. The van der Waals surface area contributed by atoms with Crippen molar-refractivity contribution in [2.45, 2.75) is 38.2 Å². The minimum absolute atomic E-state index is 0.0680. The van der Waals surface area contributed by atoms with Crippen molar-refractivity contribution >= 4 is 17.6 Å². The van der Waals surface area contributed by atoms with Crippen molar-refractivity contribution in [3.63, 3.8) is 0 Å². The average Bonchev–Trinajstić information content (AvgIpc) is 2.88. The van der Waals surface area contributed by atoms with Crippen molar-refractivity contribution in [1.82, 2.24) is 4.47 Å². The summed E-state index contributed by atoms with van der Waals surface area (Å²) in [7, 11) is 0. The van der Waals surface area contributed by atoms with Gasteiger partial charge in [-0.2, -0.15) is 0 Å². The number of nitrogens with zero attached hydrogens (tertiary/aromatic N) is 2. The van der Waals surface area contributed by atoms with Gasteiger partial charge >= 0.3 is 0 Å². The fraction of sp³-hybridized carbons (Fsp3) is 0.500. The van der Waals surface area contributed by atoms with Crippen LogP contribution in [-0.4, -0.2) is 14.1 Å². The smallest absolute Gasteiger partial charge is 0.258 e. The normalized spacial score (nSPS) is 27.0. The maximum Gasteiger partial charge on any atom is 0.269 e. The standard InChI is InChI=1S/C12H16N2O3S/c1-11(2,3)18-14-12(4,17-14)9-5-7-10(8-6-9)13(15)16/h5-8H,1-4H3. The Balaban J connectivity index is 2.11. The van der Waals surface area contributed by atoms with Crippen molar-refractivity contribution < 1.29 is 9.76 Å². The van der Waals surface area contributed by atoms with Gasteiger partial charge < -0.3 is 0 Å². The van der Waals surface area contributed by atoms with Crippen LogP contribution >= 0.6 is 11.9 Å². The number of non-ortho nitro benzene ring substituents is 1. The van der Waals surface area contributed by atoms with Gasteiger partial charge in [-0.05, 0) is 51.8 Å². The molecule has 2 rings (SSSR count). The van der Waals surface area contributed by atoms with Crippen molar-refractivity contribution in [3.8, 4) is 0 Å². The Morgan fingerprint density at radius 3 is 2.33 bits per heavy atom. The van der Waals surface area contributed by atoms with Gasteiger partial charge in [0.2, 0.25) is 0 Å². The summed E-state index contributed by atoms with van der Waals surface area (Å²) in [6.45, 7) is 8.27. The molecule has 1 aromatic rings. The van der Waals surface area contributed by atoms with E-state index in [-0.39, 0.29) is 10.4 Å². The Morgan fingerprint density at radius 2 is 1.89 bits per heavy atom. The van der Waals surface area contributed by atoms with Crippen LogP contribution in [-0.2, 0) is 10.6 Å². The number of nitro benzene ring substituents is 1. The first kappa shape index (κ1) is 13.3. The lowest BCUT2D eigenvalue weighted by molar-refractivity contribution is -0.384. The predicted molar refractivity (Wildman–Crippen MR) is 70.7 cm³/mol. The first-order chi connectivity index (χ1) is 8.22. The molecule has 0 N–H and O–H groups in total. The summed E-state index contributed by atoms with van der Waals surface area (Å²) in [6, 6.07) is 6.48. The van der Waals surface area contributed by atoms with Gasteiger partial charge in [0.25, 0.3) is 5.69 Å². The number of nitro groups is 1. The number of hydrogen-bond acceptors (Lipinski definition) is 5. The molecule has 0 saturated carbocycles. The molecule has 1 aliphatic rings. The molecule has 1 fully saturated rings. The van der Waals surface area contributed by atoms with Gasteiger partial charge in [0, 0.05) is 22.4 Å². The third-order valence-electron chi connectivity index (χ3n) is 2.55. The van der Waals surface area contributed by atoms with E-state index in [4.69, 9.17) is 4.84 Å². The van der Waals surface area contributed by atoms with Crippen molar-refractivity contribution in [3.05, 3.63) is 39.9 Å². The highest BCUT2D eigenvalue weighted by Crippen LogP contribution is 2.52. The average molecular weight is 268 g/mol. The summed E-state index contributed by atoms with van der Waals surface area (Å²) >= 11 is 1.61. The monoisotopic (exact) mass is 268 g/mol. The molecule has 1 aromatic carbocycles. The van der Waals surface area contributed by atoms with Crippen LogP contribution in [0.2, 0.25) is 0 Å². The second-order valence-corrected chi connectivity index (χ2v) is 7.08. The fourth-order valence-electron chi connectivity index (χ4n) is 1.55. The molecule has 0 radical (unpaired) electrons. The van der Waals surface area contributed by atoms with Crippen LogP contribution in [0.4, 0.5) is 5.69 Å². The van der Waals surface area contributed by atoms with Crippen molar-refractivity contribution in [1.29, 1.82) is 0 Å². The number of rotatable bonds is 3. The molecule has 1 heterocycles. The summed E-state index contributed by atoms with van der Waals surface area (Å²) in [6.07, 6.45) is 0. The van der Waals surface area contributed by atoms with Crippen LogP contribution in [0.1, 0.15) is 33.3 Å². The summed E-state index contributed by atoms with van der Waals surface area (Å²) in [5.74, 6) is 0. The van der Waals surface area contributed by atoms with E-state index in [1.54, 1.807) is 24.1 Å². The van der Waals surface area contributed by atoms with Gasteiger partial charge in [0.05, 0.1) is 4.92 Å². The molecular weight excluding hydrogens is 252 g/mol. The summed E-state index contributed by atoms with van der Waals surface area (Å²) in [5, 5.41) is 10.6. The Kier molecular flexibility index (Phi) is 3.12. The van der Waals surface area contributed by atoms with E-state index in [1.807, 2.05) is 11.4 Å². The van der Waals surface area contributed by atoms with Crippen LogP contribution < -0.4 is 0 Å². The molecule has 0 spiro atoms. The molecule has 0 bridgehead atoms. The van der Waals surface area contributed by atoms with Crippen LogP contribution in [0, 0.1) is 10.1 Å². The van der Waals surface area contributed by atoms with Crippen LogP contribution in [0.25, 0.3) is 0 Å². The first-order valence-corrected chi connectivity index (χ1v) is 6.43. The summed E-state index contributed by atoms with van der Waals surface area (Å²) < 4.78 is 1.90. The predicted octanol–water partition coefficient (Wildman–Crippen LogP) is 3.46. The summed E-state index contributed by atoms with van der Waals surface area (Å²) in [5.41, 5.74) is 0.537. The highest BCUT2D eigenvalue weighted by atomic mass is 32.2. The third-order valence-corrected chi connectivity index (χ3v) is 3.68. The highest BCUT2D eigenvalue weighted by molar-refractivity contribution is 7.98. The zero-order valence-electron chi connectivity index (χ0n) is 10.8. The van der Waals surface area contributed by atoms with Gasteiger partial charge in [-0.3, -0.25) is 15.0 Å². The van der Waals surface area contributed by atoms with Crippen molar-refractivity contribution in [2.24, 2.45) is 0 Å². The number of benzene rings is 1. The zero-order valence-corrected chi connectivity index (χ0v) is 11.7. The largest absolute Gasteiger partial charge is 0.269 e. The van der Waals surface area contributed by atoms with Crippen molar-refractivity contribution in [2.75, 3.05) is 0 Å². The molecule has 6 heteroatoms. The van der Waals surface area contributed by atoms with E-state index in [2.05, 4.69) is 20.8 Å². The zero-order chi connectivity index (χ0) is 13.6. The lowest BCUT2D eigenvalue weighted by Gasteiger charge is -2.17. The highest BCUT2D eigenvalue weighted by Gasteiger charge is 2.54. The van der Waals surface area contributed by atoms with Gasteiger partial charge in [-0.1, -0.05) is 4.47 Å². The molecule has 2 atom stereocenters. The first-order valence-electron chi connectivity index (χ1n) is 5.66. The van der Waals surface area contributed by atoms with E-state index < -0.39 is 10.6 Å². The van der Waals surface area contributed by atoms with Crippen LogP contribution in [0.3, 0.4) is 0 Å². The maximum absolute atomic E-state index is 10.6. The molecule has 5 nitrogen and oxygen atoms in total. The minimum atomic E-state index is -0.479. The second kappa shape index (κ2) is 4.22. The van der Waals surface area contributed by atoms with E-state index in [1.165, 1.54) is 12.1 Å². The molecule has 98 valence electrons. The maximum atomic E-state index is 10.6. The lowest BCUT2D eigenvalue weighted by atomic mass is 10.1. The SMILES string of the molecule is CC(C)(C)SN1OC1(C)c1ccc([N+](=O)[O-])cc1. The van der Waals surface area contributed by atoms with E-state index in [0.29, 0.717) is 0 Å². The van der Waals surface area contributed by atoms with E-state index in [9.17, 15) is 10.1 Å². The topological polar surface area (TPSA) is 58.7 Å². The van der Waals surface area contributed by atoms with Gasteiger partial charge in [0.1, 0.15) is 0 Å². The Bertz CT molecular complexity index is 469. The van der Waals surface area contributed by atoms with E-state index >= 15 is 0 Å². The van der Waals surface area contributed by atoms with Crippen LogP contribution in [0.15, 0.2) is 24.3 Å². The second-order valence-electron chi connectivity index (χ2n) is 5.34. The molecule has 18 heavy (non-hydrogen) atoms. The molecule has 0 aliphatic carbocycles. The number of hydroxylamine groups is 1. The lowest BCUT2D eigenvalue weighted by Crippen LogP contribution is -2.15. The Hall–Kier alpha value is -1.11. The van der Waals surface area contributed by atoms with Gasteiger partial charge in [-0.25, -0.2) is 0 Å². The van der Waals surface area contributed by atoms with Gasteiger partial charge in [-0.15, -0.1) is 0 Å². The minimum Gasteiger partial charge on any atom is -0.258 e. The quantitative estimate of drug-likeness (QED) is 0.363. The molecule has 0 amide bonds. The molecule has 1 saturated heterocycles.